The van der Waals surface area contributed by atoms with E-state index in [1.165, 1.54) is 50.9 Å². The second-order valence-electron chi connectivity index (χ2n) is 7.62. The number of anilines is 1. The molecule has 5 rings (SSSR count). The van der Waals surface area contributed by atoms with Crippen LogP contribution in [0.4, 0.5) is 5.95 Å². The van der Waals surface area contributed by atoms with Gasteiger partial charge in [0, 0.05) is 31.6 Å². The number of hydrogen-bond donors (Lipinski definition) is 2. The van der Waals surface area contributed by atoms with Crippen molar-refractivity contribution >= 4 is 5.95 Å². The number of hydrogen-bond acceptors (Lipinski definition) is 4. The molecule has 0 radical (unpaired) electrons. The van der Waals surface area contributed by atoms with Gasteiger partial charge in [0.1, 0.15) is 5.82 Å². The van der Waals surface area contributed by atoms with E-state index in [0.29, 0.717) is 12.0 Å². The third kappa shape index (κ3) is 1.93. The molecule has 5 nitrogen and oxygen atoms in total. The molecule has 1 aromatic rings. The van der Waals surface area contributed by atoms with Crippen LogP contribution in [-0.2, 0) is 0 Å². The van der Waals surface area contributed by atoms with E-state index in [9.17, 15) is 0 Å². The summed E-state index contributed by atoms with van der Waals surface area (Å²) in [6.07, 6.45) is 8.26. The quantitative estimate of drug-likeness (QED) is 0.872. The van der Waals surface area contributed by atoms with Gasteiger partial charge in [-0.05, 0) is 49.9 Å². The number of aromatic nitrogens is 3. The molecule has 0 spiro atoms. The number of rotatable bonds is 2. The summed E-state index contributed by atoms with van der Waals surface area (Å²) >= 11 is 0. The number of nitrogens with zero attached hydrogens (tertiary/aromatic N) is 3. The van der Waals surface area contributed by atoms with Crippen LogP contribution >= 0.6 is 0 Å². The van der Waals surface area contributed by atoms with Crippen molar-refractivity contribution in [2.45, 2.75) is 50.5 Å². The third-order valence-electron chi connectivity index (χ3n) is 6.52. The van der Waals surface area contributed by atoms with E-state index in [4.69, 9.17) is 4.98 Å². The predicted molar refractivity (Wildman–Crippen MR) is 81.3 cm³/mol. The Labute approximate surface area is 125 Å². The van der Waals surface area contributed by atoms with E-state index < -0.39 is 0 Å². The van der Waals surface area contributed by atoms with Crippen LogP contribution in [0.25, 0.3) is 0 Å². The van der Waals surface area contributed by atoms with Gasteiger partial charge in [0.05, 0.1) is 0 Å². The molecule has 2 aliphatic heterocycles. The Morgan fingerprint density at radius 1 is 1.05 bits per heavy atom. The molecule has 21 heavy (non-hydrogen) atoms. The zero-order valence-electron chi connectivity index (χ0n) is 12.6. The highest BCUT2D eigenvalue weighted by molar-refractivity contribution is 5.34. The van der Waals surface area contributed by atoms with E-state index >= 15 is 0 Å². The van der Waals surface area contributed by atoms with Gasteiger partial charge in [0.25, 0.3) is 0 Å². The molecule has 0 amide bonds. The summed E-state index contributed by atoms with van der Waals surface area (Å²) in [7, 11) is 0. The molecule has 2 N–H and O–H groups in total. The van der Waals surface area contributed by atoms with Crippen LogP contribution < -0.4 is 10.2 Å². The van der Waals surface area contributed by atoms with Crippen LogP contribution in [-0.4, -0.2) is 40.9 Å². The molecule has 5 atom stereocenters. The Balaban J connectivity index is 1.38. The predicted octanol–water partition coefficient (Wildman–Crippen LogP) is 1.90. The van der Waals surface area contributed by atoms with Crippen molar-refractivity contribution in [2.75, 3.05) is 24.5 Å². The van der Waals surface area contributed by atoms with Gasteiger partial charge < -0.3 is 10.2 Å². The number of nitrogens with one attached hydrogen (secondary N) is 2. The van der Waals surface area contributed by atoms with Crippen molar-refractivity contribution in [3.8, 4) is 0 Å². The van der Waals surface area contributed by atoms with Crippen molar-refractivity contribution in [2.24, 2.45) is 17.8 Å². The minimum atomic E-state index is 0.613. The van der Waals surface area contributed by atoms with Crippen molar-refractivity contribution in [1.29, 1.82) is 0 Å². The normalized spacial score (nSPS) is 41.7. The number of H-pyrrole nitrogens is 1. The highest BCUT2D eigenvalue weighted by Gasteiger charge is 2.42. The molecule has 3 heterocycles. The lowest BCUT2D eigenvalue weighted by atomic mass is 9.88. The van der Waals surface area contributed by atoms with Gasteiger partial charge in [0.2, 0.25) is 5.95 Å². The minimum Gasteiger partial charge on any atom is -0.335 e. The monoisotopic (exact) mass is 287 g/mol. The summed E-state index contributed by atoms with van der Waals surface area (Å²) in [6, 6.07) is 0.613. The Hall–Kier alpha value is -1.10. The lowest BCUT2D eigenvalue weighted by Gasteiger charge is -2.36. The molecular weight excluding hydrogens is 262 g/mol. The van der Waals surface area contributed by atoms with Crippen LogP contribution in [0.3, 0.4) is 0 Å². The minimum absolute atomic E-state index is 0.613. The summed E-state index contributed by atoms with van der Waals surface area (Å²) in [5.74, 6) is 5.43. The fraction of sp³-hybridized carbons (Fsp3) is 0.875. The number of aromatic amines is 1. The Morgan fingerprint density at radius 2 is 2.05 bits per heavy atom. The average Bonchev–Trinajstić information content (AvgIpc) is 3.27. The van der Waals surface area contributed by atoms with Crippen LogP contribution in [0.1, 0.15) is 50.3 Å². The van der Waals surface area contributed by atoms with E-state index in [1.54, 1.807) is 0 Å². The average molecular weight is 287 g/mol. The van der Waals surface area contributed by atoms with E-state index in [0.717, 1.165) is 36.8 Å². The van der Waals surface area contributed by atoms with Crippen molar-refractivity contribution < 1.29 is 0 Å². The molecule has 0 aromatic carbocycles. The van der Waals surface area contributed by atoms with Gasteiger partial charge in [-0.25, -0.2) is 0 Å². The molecule has 114 valence electrons. The summed E-state index contributed by atoms with van der Waals surface area (Å²) in [5.41, 5.74) is 0. The topological polar surface area (TPSA) is 56.8 Å². The maximum Gasteiger partial charge on any atom is 0.245 e. The lowest BCUT2D eigenvalue weighted by molar-refractivity contribution is 0.380. The highest BCUT2D eigenvalue weighted by Crippen LogP contribution is 2.52. The smallest absolute Gasteiger partial charge is 0.245 e. The maximum absolute atomic E-state index is 4.93. The van der Waals surface area contributed by atoms with E-state index in [1.807, 2.05) is 0 Å². The standard InChI is InChI=1S/C16H25N5/c1-2-12-8-17-9-14(12)21(5-1)16-18-15(19-20-16)13-7-10-3-4-11(13)6-10/h10-14,17H,1-9H2,(H,18,19,20). The summed E-state index contributed by atoms with van der Waals surface area (Å²) in [6.45, 7) is 3.39. The molecule has 2 bridgehead atoms. The first-order valence-corrected chi connectivity index (χ1v) is 8.78. The first-order chi connectivity index (χ1) is 10.4. The second-order valence-corrected chi connectivity index (χ2v) is 7.62. The van der Waals surface area contributed by atoms with Crippen molar-refractivity contribution in [1.82, 2.24) is 20.5 Å². The molecular formula is C16H25N5. The summed E-state index contributed by atoms with van der Waals surface area (Å²) in [5, 5.41) is 11.4. The van der Waals surface area contributed by atoms with Crippen LogP contribution in [0.5, 0.6) is 0 Å². The van der Waals surface area contributed by atoms with Gasteiger partial charge in [-0.15, -0.1) is 5.10 Å². The molecule has 1 aromatic heterocycles. The number of fused-ring (bicyclic) bond motifs is 3. The first-order valence-electron chi connectivity index (χ1n) is 8.78. The Kier molecular flexibility index (Phi) is 2.78. The number of piperidine rings is 1. The molecule has 5 unspecified atom stereocenters. The largest absolute Gasteiger partial charge is 0.335 e. The summed E-state index contributed by atoms with van der Waals surface area (Å²) < 4.78 is 0. The molecule has 2 saturated heterocycles. The SMILES string of the molecule is C1CC2CNCC2N(c2n[nH]c(C3CC4CCC3C4)n2)C1. The Bertz CT molecular complexity index is 526. The fourth-order valence-corrected chi connectivity index (χ4v) is 5.46. The van der Waals surface area contributed by atoms with Crippen LogP contribution in [0.2, 0.25) is 0 Å². The third-order valence-corrected chi connectivity index (χ3v) is 6.52. The highest BCUT2D eigenvalue weighted by atomic mass is 15.4. The van der Waals surface area contributed by atoms with Gasteiger partial charge in [-0.1, -0.05) is 6.42 Å². The Morgan fingerprint density at radius 3 is 2.90 bits per heavy atom. The van der Waals surface area contributed by atoms with Gasteiger partial charge in [-0.3, -0.25) is 5.10 Å². The fourth-order valence-electron chi connectivity index (χ4n) is 5.46. The van der Waals surface area contributed by atoms with Crippen molar-refractivity contribution in [3.05, 3.63) is 5.82 Å². The molecule has 4 aliphatic rings. The van der Waals surface area contributed by atoms with E-state index in [2.05, 4.69) is 20.4 Å². The maximum atomic E-state index is 4.93. The first kappa shape index (κ1) is 12.4. The lowest BCUT2D eigenvalue weighted by Crippen LogP contribution is -2.45. The van der Waals surface area contributed by atoms with Crippen molar-refractivity contribution in [3.63, 3.8) is 0 Å². The summed E-state index contributed by atoms with van der Waals surface area (Å²) in [4.78, 5) is 7.39. The van der Waals surface area contributed by atoms with Gasteiger partial charge in [-0.2, -0.15) is 4.98 Å². The van der Waals surface area contributed by atoms with Gasteiger partial charge >= 0.3 is 0 Å². The zero-order chi connectivity index (χ0) is 13.8. The van der Waals surface area contributed by atoms with E-state index in [-0.39, 0.29) is 0 Å². The molecule has 2 saturated carbocycles. The zero-order valence-corrected chi connectivity index (χ0v) is 12.6. The molecule has 2 aliphatic carbocycles. The molecule has 5 heteroatoms. The van der Waals surface area contributed by atoms with Gasteiger partial charge in [0.15, 0.2) is 0 Å². The van der Waals surface area contributed by atoms with Crippen LogP contribution in [0.15, 0.2) is 0 Å². The van der Waals surface area contributed by atoms with Crippen LogP contribution in [0, 0.1) is 17.8 Å². The molecule has 4 fully saturated rings. The second kappa shape index (κ2) is 4.70.